The number of nitro groups is 1. The van der Waals surface area contributed by atoms with Crippen LogP contribution < -0.4 is 16.2 Å². The summed E-state index contributed by atoms with van der Waals surface area (Å²) in [4.78, 5) is 24.1. The second-order valence-corrected chi connectivity index (χ2v) is 4.48. The molecule has 7 nitrogen and oxygen atoms in total. The first-order valence-electron chi connectivity index (χ1n) is 6.18. The van der Waals surface area contributed by atoms with Gasteiger partial charge in [-0.15, -0.1) is 0 Å². The van der Waals surface area contributed by atoms with E-state index in [9.17, 15) is 14.9 Å². The van der Waals surface area contributed by atoms with Crippen molar-refractivity contribution in [1.29, 1.82) is 0 Å². The maximum absolute atomic E-state index is 11.4. The van der Waals surface area contributed by atoms with Gasteiger partial charge in [0.15, 0.2) is 0 Å². The maximum Gasteiger partial charge on any atom is 0.293 e. The van der Waals surface area contributed by atoms with Gasteiger partial charge >= 0.3 is 0 Å². The average Bonchev–Trinajstić information content (AvgIpc) is 2.46. The third-order valence-electron chi connectivity index (χ3n) is 3.26. The van der Waals surface area contributed by atoms with Crippen molar-refractivity contribution in [2.45, 2.75) is 19.3 Å². The quantitative estimate of drug-likeness (QED) is 0.369. The van der Waals surface area contributed by atoms with Crippen molar-refractivity contribution >= 4 is 17.3 Å². The molecule has 1 saturated heterocycles. The summed E-state index contributed by atoms with van der Waals surface area (Å²) in [5.74, 6) is 4.50. The number of anilines is 1. The van der Waals surface area contributed by atoms with E-state index in [-0.39, 0.29) is 11.3 Å². The van der Waals surface area contributed by atoms with E-state index in [2.05, 4.69) is 0 Å². The number of hydrazine groups is 1. The monoisotopic (exact) mass is 264 g/mol. The van der Waals surface area contributed by atoms with Crippen molar-refractivity contribution in [3.8, 4) is 0 Å². The molecule has 1 aliphatic heterocycles. The standard InChI is InChI=1S/C12H16N4O3/c13-14-12(17)9-4-5-10(11(8-9)16(18)19)15-6-2-1-3-7-15/h4-5,8H,1-3,6-7,13H2,(H,14,17). The summed E-state index contributed by atoms with van der Waals surface area (Å²) in [7, 11) is 0. The lowest BCUT2D eigenvalue weighted by molar-refractivity contribution is -0.384. The minimum absolute atomic E-state index is 0.0528. The van der Waals surface area contributed by atoms with E-state index in [1.54, 1.807) is 12.1 Å². The minimum atomic E-state index is -0.534. The van der Waals surface area contributed by atoms with Gasteiger partial charge in [-0.2, -0.15) is 0 Å². The number of benzene rings is 1. The molecular formula is C12H16N4O3. The summed E-state index contributed by atoms with van der Waals surface area (Å²) >= 11 is 0. The van der Waals surface area contributed by atoms with Crippen LogP contribution in [0, 0.1) is 10.1 Å². The van der Waals surface area contributed by atoms with Gasteiger partial charge in [0.1, 0.15) is 5.69 Å². The number of nitro benzene ring substituents is 1. The number of carbonyl (C=O) groups excluding carboxylic acids is 1. The molecule has 0 radical (unpaired) electrons. The first kappa shape index (κ1) is 13.3. The Labute approximate surface area is 110 Å². The molecule has 0 aromatic heterocycles. The van der Waals surface area contributed by atoms with Gasteiger partial charge in [-0.05, 0) is 31.4 Å². The van der Waals surface area contributed by atoms with Crippen LogP contribution in [0.2, 0.25) is 0 Å². The molecule has 0 atom stereocenters. The van der Waals surface area contributed by atoms with Crippen LogP contribution in [-0.4, -0.2) is 23.9 Å². The number of hydrogen-bond donors (Lipinski definition) is 2. The largest absolute Gasteiger partial charge is 0.366 e. The molecule has 102 valence electrons. The van der Waals surface area contributed by atoms with E-state index in [1.807, 2.05) is 10.3 Å². The number of nitrogen functional groups attached to an aromatic ring is 1. The number of piperidine rings is 1. The molecule has 1 aliphatic rings. The predicted octanol–water partition coefficient (Wildman–Crippen LogP) is 1.19. The Bertz CT molecular complexity index is 498. The molecule has 0 aliphatic carbocycles. The maximum atomic E-state index is 11.4. The van der Waals surface area contributed by atoms with Gasteiger partial charge in [0.05, 0.1) is 4.92 Å². The number of nitrogens with zero attached hydrogens (tertiary/aromatic N) is 2. The number of rotatable bonds is 3. The number of carbonyl (C=O) groups is 1. The normalized spacial score (nSPS) is 15.1. The van der Waals surface area contributed by atoms with Crippen LogP contribution in [0.1, 0.15) is 29.6 Å². The molecule has 1 heterocycles. The summed E-state index contributed by atoms with van der Waals surface area (Å²) < 4.78 is 0. The highest BCUT2D eigenvalue weighted by Crippen LogP contribution is 2.31. The zero-order valence-corrected chi connectivity index (χ0v) is 10.5. The lowest BCUT2D eigenvalue weighted by atomic mass is 10.1. The SMILES string of the molecule is NNC(=O)c1ccc(N2CCCCC2)c([N+](=O)[O-])c1. The molecule has 19 heavy (non-hydrogen) atoms. The molecule has 0 spiro atoms. The van der Waals surface area contributed by atoms with Gasteiger partial charge in [-0.1, -0.05) is 0 Å². The zero-order chi connectivity index (χ0) is 13.8. The van der Waals surface area contributed by atoms with Gasteiger partial charge in [0.25, 0.3) is 11.6 Å². The Balaban J connectivity index is 2.37. The molecular weight excluding hydrogens is 248 g/mol. The fourth-order valence-electron chi connectivity index (χ4n) is 2.30. The van der Waals surface area contributed by atoms with E-state index in [1.165, 1.54) is 6.07 Å². The zero-order valence-electron chi connectivity index (χ0n) is 10.5. The highest BCUT2D eigenvalue weighted by molar-refractivity contribution is 5.95. The van der Waals surface area contributed by atoms with Crippen LogP contribution in [0.3, 0.4) is 0 Å². The average molecular weight is 264 g/mol. The smallest absolute Gasteiger partial charge is 0.293 e. The van der Waals surface area contributed by atoms with Crippen LogP contribution >= 0.6 is 0 Å². The Morgan fingerprint density at radius 3 is 2.58 bits per heavy atom. The van der Waals surface area contributed by atoms with Crippen molar-refractivity contribution in [3.63, 3.8) is 0 Å². The van der Waals surface area contributed by atoms with Gasteiger partial charge < -0.3 is 4.90 Å². The Morgan fingerprint density at radius 2 is 2.00 bits per heavy atom. The number of amides is 1. The lowest BCUT2D eigenvalue weighted by Gasteiger charge is -2.28. The van der Waals surface area contributed by atoms with Crippen molar-refractivity contribution in [2.75, 3.05) is 18.0 Å². The van der Waals surface area contributed by atoms with Gasteiger partial charge in [-0.25, -0.2) is 5.84 Å². The van der Waals surface area contributed by atoms with Gasteiger partial charge in [0.2, 0.25) is 0 Å². The second kappa shape index (κ2) is 5.66. The Kier molecular flexibility index (Phi) is 3.96. The fraction of sp³-hybridized carbons (Fsp3) is 0.417. The van der Waals surface area contributed by atoms with E-state index in [0.717, 1.165) is 32.4 Å². The number of hydrogen-bond acceptors (Lipinski definition) is 5. The molecule has 1 aromatic rings. The fourth-order valence-corrected chi connectivity index (χ4v) is 2.30. The highest BCUT2D eigenvalue weighted by atomic mass is 16.6. The van der Waals surface area contributed by atoms with Gasteiger partial charge in [-0.3, -0.25) is 20.3 Å². The Morgan fingerprint density at radius 1 is 1.32 bits per heavy atom. The van der Waals surface area contributed by atoms with E-state index < -0.39 is 10.8 Å². The van der Waals surface area contributed by atoms with Crippen molar-refractivity contribution < 1.29 is 9.72 Å². The summed E-state index contributed by atoms with van der Waals surface area (Å²) in [5.41, 5.74) is 2.68. The topological polar surface area (TPSA) is 102 Å². The molecule has 2 rings (SSSR count). The lowest BCUT2D eigenvalue weighted by Crippen LogP contribution is -2.31. The van der Waals surface area contributed by atoms with E-state index in [0.29, 0.717) is 5.69 Å². The summed E-state index contributed by atoms with van der Waals surface area (Å²) in [6.07, 6.45) is 3.21. The summed E-state index contributed by atoms with van der Waals surface area (Å²) in [6.45, 7) is 1.62. The van der Waals surface area contributed by atoms with Crippen LogP contribution in [-0.2, 0) is 0 Å². The van der Waals surface area contributed by atoms with Crippen molar-refractivity contribution in [1.82, 2.24) is 5.43 Å². The van der Waals surface area contributed by atoms with Crippen molar-refractivity contribution in [3.05, 3.63) is 33.9 Å². The second-order valence-electron chi connectivity index (χ2n) is 4.48. The van der Waals surface area contributed by atoms with Gasteiger partial charge in [0, 0.05) is 24.7 Å². The van der Waals surface area contributed by atoms with Crippen LogP contribution in [0.15, 0.2) is 18.2 Å². The number of nitrogens with two attached hydrogens (primary N) is 1. The van der Waals surface area contributed by atoms with E-state index >= 15 is 0 Å². The summed E-state index contributed by atoms with van der Waals surface area (Å²) in [5, 5.41) is 11.1. The summed E-state index contributed by atoms with van der Waals surface area (Å²) in [6, 6.07) is 4.44. The first-order chi connectivity index (χ1) is 9.13. The highest BCUT2D eigenvalue weighted by Gasteiger charge is 2.22. The van der Waals surface area contributed by atoms with Crippen LogP contribution in [0.4, 0.5) is 11.4 Å². The molecule has 0 bridgehead atoms. The molecule has 1 aromatic carbocycles. The predicted molar refractivity (Wildman–Crippen MR) is 70.8 cm³/mol. The molecule has 0 saturated carbocycles. The molecule has 3 N–H and O–H groups in total. The minimum Gasteiger partial charge on any atom is -0.366 e. The third-order valence-corrected chi connectivity index (χ3v) is 3.26. The molecule has 1 fully saturated rings. The Hall–Kier alpha value is -2.15. The van der Waals surface area contributed by atoms with Crippen molar-refractivity contribution in [2.24, 2.45) is 5.84 Å². The third kappa shape index (κ3) is 2.82. The number of nitrogens with one attached hydrogen (secondary N) is 1. The first-order valence-corrected chi connectivity index (χ1v) is 6.18. The molecule has 7 heteroatoms. The van der Waals surface area contributed by atoms with Crippen LogP contribution in [0.5, 0.6) is 0 Å². The van der Waals surface area contributed by atoms with E-state index in [4.69, 9.17) is 5.84 Å². The molecule has 0 unspecified atom stereocenters. The van der Waals surface area contributed by atoms with Crippen LogP contribution in [0.25, 0.3) is 0 Å². The molecule has 1 amide bonds.